The molecule has 3 atom stereocenters. The van der Waals surface area contributed by atoms with E-state index < -0.39 is 27.8 Å². The number of methoxy groups -OCH3 is 1. The highest BCUT2D eigenvalue weighted by molar-refractivity contribution is 7.99. The van der Waals surface area contributed by atoms with Crippen molar-refractivity contribution in [1.82, 2.24) is 10.2 Å². The van der Waals surface area contributed by atoms with Crippen molar-refractivity contribution >= 4 is 33.5 Å². The fourth-order valence-electron chi connectivity index (χ4n) is 5.78. The van der Waals surface area contributed by atoms with Crippen LogP contribution in [0.5, 0.6) is 0 Å². The number of hydrogen-bond acceptors (Lipinski definition) is 7. The number of thioether (sulfide) groups is 1. The van der Waals surface area contributed by atoms with Gasteiger partial charge in [0.2, 0.25) is 0 Å². The molecule has 238 valence electrons. The number of amides is 1. The molecule has 3 unspecified atom stereocenters. The Labute approximate surface area is 261 Å². The third kappa shape index (κ3) is 10.9. The van der Waals surface area contributed by atoms with E-state index in [-0.39, 0.29) is 12.2 Å². The van der Waals surface area contributed by atoms with Crippen LogP contribution in [0, 0.1) is 6.92 Å². The number of rotatable bonds is 11. The molecular weight excluding hydrogens is 585 g/mol. The zero-order chi connectivity index (χ0) is 31.6. The van der Waals surface area contributed by atoms with Gasteiger partial charge in [-0.25, -0.2) is 13.2 Å². The van der Waals surface area contributed by atoms with Crippen molar-refractivity contribution in [1.29, 1.82) is 0 Å². The van der Waals surface area contributed by atoms with Gasteiger partial charge in [-0.15, -0.1) is 0 Å². The summed E-state index contributed by atoms with van der Waals surface area (Å²) >= 11 is 1.89. The number of ether oxygens (including phenoxy) is 1. The Morgan fingerprint density at radius 3 is 2.37 bits per heavy atom. The molecule has 1 aliphatic carbocycles. The highest BCUT2D eigenvalue weighted by Crippen LogP contribution is 2.31. The molecule has 1 saturated carbocycles. The molecule has 1 saturated heterocycles. The normalized spacial score (nSPS) is 20.2. The monoisotopic (exact) mass is 632 g/mol. The number of aliphatic carboxylic acids is 1. The maximum absolute atomic E-state index is 13.2. The summed E-state index contributed by atoms with van der Waals surface area (Å²) in [5, 5.41) is 12.7. The molecule has 2 N–H and O–H groups in total. The first-order valence-corrected chi connectivity index (χ1v) is 18.5. The molecule has 43 heavy (non-hydrogen) atoms. The molecule has 1 amide bonds. The molecule has 1 heterocycles. The third-order valence-electron chi connectivity index (χ3n) is 8.41. The van der Waals surface area contributed by atoms with Crippen LogP contribution in [-0.4, -0.2) is 85.7 Å². The minimum absolute atomic E-state index is 0.193. The lowest BCUT2D eigenvalue weighted by molar-refractivity contribution is -0.139. The number of carboxylic acids is 1. The highest BCUT2D eigenvalue weighted by atomic mass is 32.2. The summed E-state index contributed by atoms with van der Waals surface area (Å²) in [6.45, 7) is 6.00. The average Bonchev–Trinajstić information content (AvgIpc) is 3.34. The highest BCUT2D eigenvalue weighted by Gasteiger charge is 2.29. The Hall–Kier alpha value is -2.40. The van der Waals surface area contributed by atoms with Crippen LogP contribution in [0.4, 0.5) is 0 Å². The third-order valence-corrected chi connectivity index (χ3v) is 10.4. The van der Waals surface area contributed by atoms with Gasteiger partial charge in [0.15, 0.2) is 0 Å². The molecule has 2 aromatic carbocycles. The lowest BCUT2D eigenvalue weighted by atomic mass is 9.93. The Kier molecular flexibility index (Phi) is 13.6. The van der Waals surface area contributed by atoms with E-state index in [1.807, 2.05) is 62.2 Å². The second-order valence-electron chi connectivity index (χ2n) is 11.8. The molecule has 2 aromatic rings. The molecule has 10 heteroatoms. The van der Waals surface area contributed by atoms with Crippen LogP contribution in [0.15, 0.2) is 42.5 Å². The van der Waals surface area contributed by atoms with Gasteiger partial charge in [-0.05, 0) is 80.2 Å². The van der Waals surface area contributed by atoms with E-state index in [0.717, 1.165) is 48.0 Å². The van der Waals surface area contributed by atoms with Crippen molar-refractivity contribution in [2.24, 2.45) is 0 Å². The summed E-state index contributed by atoms with van der Waals surface area (Å²) in [6, 6.07) is 12.6. The maximum atomic E-state index is 13.2. The number of likely N-dealkylation sites (tertiary alicyclic amines) is 1. The van der Waals surface area contributed by atoms with E-state index in [1.165, 1.54) is 32.1 Å². The number of hydrogen-bond donors (Lipinski definition) is 2. The lowest BCUT2D eigenvalue weighted by Crippen LogP contribution is -2.42. The Morgan fingerprint density at radius 1 is 1.12 bits per heavy atom. The van der Waals surface area contributed by atoms with Crippen LogP contribution in [0.3, 0.4) is 0 Å². The summed E-state index contributed by atoms with van der Waals surface area (Å²) in [5.41, 5.74) is 4.09. The molecule has 0 bridgehead atoms. The molecule has 1 aliphatic heterocycles. The van der Waals surface area contributed by atoms with E-state index in [9.17, 15) is 23.1 Å². The van der Waals surface area contributed by atoms with Gasteiger partial charge in [0.05, 0.1) is 11.9 Å². The van der Waals surface area contributed by atoms with Gasteiger partial charge >= 0.3 is 5.97 Å². The largest absolute Gasteiger partial charge is 0.480 e. The molecule has 2 fully saturated rings. The Bertz CT molecular complexity index is 1330. The molecule has 2 aliphatic rings. The Morgan fingerprint density at radius 2 is 1.81 bits per heavy atom. The van der Waals surface area contributed by atoms with Gasteiger partial charge < -0.3 is 15.2 Å². The SMILES string of the molecule is COC1CCCCC1.CSC1CC(C)N(Cc2ccc(C(=O)NC(CCS(C)(=O)=O)C(=O)O)c(-c3ccccc3C)c2)C1. The van der Waals surface area contributed by atoms with Crippen LogP contribution in [-0.2, 0) is 25.9 Å². The maximum Gasteiger partial charge on any atom is 0.326 e. The van der Waals surface area contributed by atoms with Gasteiger partial charge in [-0.1, -0.05) is 49.6 Å². The number of benzene rings is 2. The number of carboxylic acid groups (broad SMARTS) is 1. The van der Waals surface area contributed by atoms with Crippen LogP contribution < -0.4 is 5.32 Å². The zero-order valence-corrected chi connectivity index (χ0v) is 27.8. The van der Waals surface area contributed by atoms with E-state index in [0.29, 0.717) is 23.0 Å². The van der Waals surface area contributed by atoms with Crippen LogP contribution in [0.2, 0.25) is 0 Å². The van der Waals surface area contributed by atoms with Crippen LogP contribution in [0.25, 0.3) is 11.1 Å². The summed E-state index contributed by atoms with van der Waals surface area (Å²) < 4.78 is 28.2. The van der Waals surface area contributed by atoms with Gasteiger partial charge in [0.25, 0.3) is 5.91 Å². The van der Waals surface area contributed by atoms with Crippen molar-refractivity contribution in [2.75, 3.05) is 31.9 Å². The fraction of sp³-hybridized carbons (Fsp3) is 0.576. The van der Waals surface area contributed by atoms with Crippen molar-refractivity contribution in [2.45, 2.75) is 88.8 Å². The second-order valence-corrected chi connectivity index (χ2v) is 15.2. The van der Waals surface area contributed by atoms with Crippen molar-refractivity contribution in [3.8, 4) is 11.1 Å². The number of sulfone groups is 1. The van der Waals surface area contributed by atoms with E-state index in [1.54, 1.807) is 6.07 Å². The van der Waals surface area contributed by atoms with Crippen LogP contribution >= 0.6 is 11.8 Å². The van der Waals surface area contributed by atoms with Crippen molar-refractivity contribution in [3.05, 3.63) is 59.2 Å². The topological polar surface area (TPSA) is 113 Å². The summed E-state index contributed by atoms with van der Waals surface area (Å²) in [7, 11) is -1.54. The second kappa shape index (κ2) is 16.6. The number of carbonyl (C=O) groups is 2. The number of carbonyl (C=O) groups excluding carboxylic acids is 1. The molecule has 0 spiro atoms. The van der Waals surface area contributed by atoms with Gasteiger partial charge in [-0.3, -0.25) is 9.69 Å². The molecular formula is C33H48N2O6S2. The first kappa shape index (κ1) is 35.1. The minimum atomic E-state index is -3.36. The van der Waals surface area contributed by atoms with Gasteiger partial charge in [0, 0.05) is 43.3 Å². The van der Waals surface area contributed by atoms with Crippen LogP contribution in [0.1, 0.15) is 73.4 Å². The number of nitrogens with zero attached hydrogens (tertiary/aromatic N) is 1. The summed E-state index contributed by atoms with van der Waals surface area (Å²) in [5.74, 6) is -2.12. The smallest absolute Gasteiger partial charge is 0.326 e. The van der Waals surface area contributed by atoms with Gasteiger partial charge in [0.1, 0.15) is 15.9 Å². The number of nitrogens with one attached hydrogen (secondary N) is 1. The minimum Gasteiger partial charge on any atom is -0.480 e. The summed E-state index contributed by atoms with van der Waals surface area (Å²) in [6.07, 6.45) is 11.5. The molecule has 0 radical (unpaired) electrons. The fourth-order valence-corrected chi connectivity index (χ4v) is 7.26. The molecule has 8 nitrogen and oxygen atoms in total. The first-order valence-electron chi connectivity index (χ1n) is 15.1. The van der Waals surface area contributed by atoms with Crippen molar-refractivity contribution in [3.63, 3.8) is 0 Å². The van der Waals surface area contributed by atoms with E-state index in [2.05, 4.69) is 23.4 Å². The quantitative estimate of drug-likeness (QED) is 0.331. The van der Waals surface area contributed by atoms with Crippen molar-refractivity contribution < 1.29 is 27.9 Å². The van der Waals surface area contributed by atoms with E-state index >= 15 is 0 Å². The first-order chi connectivity index (χ1) is 20.4. The van der Waals surface area contributed by atoms with E-state index in [4.69, 9.17) is 4.74 Å². The molecule has 0 aromatic heterocycles. The lowest BCUT2D eigenvalue weighted by Gasteiger charge is -2.22. The predicted octanol–water partition coefficient (Wildman–Crippen LogP) is 5.57. The average molecular weight is 633 g/mol. The summed E-state index contributed by atoms with van der Waals surface area (Å²) in [4.78, 5) is 27.4. The predicted molar refractivity (Wildman–Crippen MR) is 176 cm³/mol. The number of aryl methyl sites for hydroxylation is 1. The Balaban J connectivity index is 0.000000546. The molecule has 4 rings (SSSR count). The zero-order valence-electron chi connectivity index (χ0n) is 26.2. The standard InChI is InChI=1S/C26H34N2O5S2.C7H14O/c1-17-7-5-6-8-21(17)23-14-19(15-28-16-20(34-3)13-18(28)2)9-10-22(23)25(29)27-24(26(30)31)11-12-35(4,32)33;1-8-7-5-3-2-4-6-7/h5-10,14,18,20,24H,11-13,15-16H2,1-4H3,(H,27,29)(H,30,31);7H,2-6H2,1H3. The van der Waals surface area contributed by atoms with Gasteiger partial charge in [-0.2, -0.15) is 11.8 Å².